The molecule has 0 spiro atoms. The van der Waals surface area contributed by atoms with Crippen molar-refractivity contribution in [2.24, 2.45) is 0 Å². The summed E-state index contributed by atoms with van der Waals surface area (Å²) < 4.78 is 11.6. The maximum Gasteiger partial charge on any atom is 0.224 e. The van der Waals surface area contributed by atoms with Gasteiger partial charge in [-0.15, -0.1) is 0 Å². The molecule has 2 unspecified atom stereocenters. The van der Waals surface area contributed by atoms with E-state index in [2.05, 4.69) is 13.2 Å². The van der Waals surface area contributed by atoms with Crippen molar-refractivity contribution in [3.05, 3.63) is 83.9 Å². The van der Waals surface area contributed by atoms with Gasteiger partial charge in [-0.25, -0.2) is 0 Å². The molecular formula is C32H42N2O4. The summed E-state index contributed by atoms with van der Waals surface area (Å²) in [6.45, 7) is 14.0. The first-order valence-electron chi connectivity index (χ1n) is 13.7. The fourth-order valence-electron chi connectivity index (χ4n) is 4.56. The molecule has 0 aromatic heterocycles. The molecule has 4 rings (SSSR count). The third-order valence-electron chi connectivity index (χ3n) is 7.01. The first kappa shape index (κ1) is 29.3. The fourth-order valence-corrected chi connectivity index (χ4v) is 4.56. The van der Waals surface area contributed by atoms with Crippen LogP contribution in [0.25, 0.3) is 12.2 Å². The number of rotatable bonds is 10. The number of benzene rings is 2. The number of ether oxygens (including phenoxy) is 2. The second kappa shape index (κ2) is 15.3. The standard InChI is InChI=1S/C17H23NO2.C15H19NO2/c1-3-15-8-10-16(11-9-15)13-20-14(2)18-12-6-4-5-7-17(18)19;1-3-13-6-8-14(9-7-13)11-18-12(2)16-10-4-5-15(16)17/h3,8-11,14H,1,4-7,12-13H2,2H3;3,6-9,12H,1,4-5,10-11H2,2H3. The summed E-state index contributed by atoms with van der Waals surface area (Å²) in [5.74, 6) is 0.418. The van der Waals surface area contributed by atoms with Crippen LogP contribution in [0.3, 0.4) is 0 Å². The third-order valence-corrected chi connectivity index (χ3v) is 7.01. The summed E-state index contributed by atoms with van der Waals surface area (Å²) in [7, 11) is 0. The van der Waals surface area contributed by atoms with Crippen molar-refractivity contribution in [3.8, 4) is 0 Å². The van der Waals surface area contributed by atoms with Gasteiger partial charge in [-0.3, -0.25) is 9.59 Å². The summed E-state index contributed by atoms with van der Waals surface area (Å²) >= 11 is 0. The zero-order chi connectivity index (χ0) is 27.3. The lowest BCUT2D eigenvalue weighted by atomic mass is 10.1. The monoisotopic (exact) mass is 518 g/mol. The summed E-state index contributed by atoms with van der Waals surface area (Å²) in [5.41, 5.74) is 4.43. The average Bonchev–Trinajstić information content (AvgIpc) is 3.26. The van der Waals surface area contributed by atoms with Gasteiger partial charge in [0.05, 0.1) is 13.2 Å². The van der Waals surface area contributed by atoms with Crippen molar-refractivity contribution in [1.82, 2.24) is 9.80 Å². The SMILES string of the molecule is C=Cc1ccc(COC(C)N2CCCC2=O)cc1.C=Cc1ccc(COC(C)N2CCCCCC2=O)cc1. The Labute approximate surface area is 227 Å². The lowest BCUT2D eigenvalue weighted by molar-refractivity contribution is -0.145. The van der Waals surface area contributed by atoms with Crippen LogP contribution in [-0.4, -0.2) is 47.2 Å². The largest absolute Gasteiger partial charge is 0.354 e. The van der Waals surface area contributed by atoms with E-state index in [0.717, 1.165) is 61.0 Å². The molecule has 2 heterocycles. The van der Waals surface area contributed by atoms with E-state index in [1.54, 1.807) is 4.90 Å². The minimum atomic E-state index is -0.153. The molecule has 38 heavy (non-hydrogen) atoms. The maximum atomic E-state index is 12.0. The molecule has 2 aromatic rings. The number of carbonyl (C=O) groups excluding carboxylic acids is 2. The Morgan fingerprint density at radius 1 is 0.684 bits per heavy atom. The second-order valence-corrected chi connectivity index (χ2v) is 9.80. The molecule has 2 aliphatic heterocycles. The zero-order valence-corrected chi connectivity index (χ0v) is 22.9. The van der Waals surface area contributed by atoms with Crippen LogP contribution in [0.4, 0.5) is 0 Å². The Kier molecular flexibility index (Phi) is 11.8. The van der Waals surface area contributed by atoms with Crippen molar-refractivity contribution in [1.29, 1.82) is 0 Å². The van der Waals surface area contributed by atoms with Crippen molar-refractivity contribution >= 4 is 24.0 Å². The lowest BCUT2D eigenvalue weighted by Gasteiger charge is -2.28. The smallest absolute Gasteiger partial charge is 0.224 e. The highest BCUT2D eigenvalue weighted by molar-refractivity contribution is 5.78. The number of hydrogen-bond donors (Lipinski definition) is 0. The molecule has 0 aliphatic carbocycles. The average molecular weight is 519 g/mol. The highest BCUT2D eigenvalue weighted by Crippen LogP contribution is 2.17. The number of amides is 2. The van der Waals surface area contributed by atoms with Gasteiger partial charge in [0.15, 0.2) is 0 Å². The van der Waals surface area contributed by atoms with Gasteiger partial charge in [0.1, 0.15) is 12.5 Å². The molecule has 204 valence electrons. The Morgan fingerprint density at radius 3 is 1.50 bits per heavy atom. The molecular weight excluding hydrogens is 476 g/mol. The van der Waals surface area contributed by atoms with Gasteiger partial charge in [-0.2, -0.15) is 0 Å². The first-order valence-corrected chi connectivity index (χ1v) is 13.7. The van der Waals surface area contributed by atoms with Crippen molar-refractivity contribution in [2.75, 3.05) is 13.1 Å². The summed E-state index contributed by atoms with van der Waals surface area (Å²) in [6, 6.07) is 16.2. The minimum Gasteiger partial charge on any atom is -0.354 e. The molecule has 2 amide bonds. The molecule has 0 saturated carbocycles. The van der Waals surface area contributed by atoms with E-state index in [0.29, 0.717) is 26.1 Å². The van der Waals surface area contributed by atoms with Crippen LogP contribution >= 0.6 is 0 Å². The number of carbonyl (C=O) groups is 2. The normalized spacial score (nSPS) is 17.3. The van der Waals surface area contributed by atoms with Gasteiger partial charge in [-0.1, -0.05) is 80.3 Å². The van der Waals surface area contributed by atoms with E-state index in [9.17, 15) is 9.59 Å². The van der Waals surface area contributed by atoms with Gasteiger partial charge in [0.25, 0.3) is 0 Å². The van der Waals surface area contributed by atoms with Crippen LogP contribution in [0, 0.1) is 0 Å². The molecule has 2 fully saturated rings. The summed E-state index contributed by atoms with van der Waals surface area (Å²) in [5, 5.41) is 0. The highest BCUT2D eigenvalue weighted by atomic mass is 16.5. The first-order chi connectivity index (χ1) is 18.4. The van der Waals surface area contributed by atoms with E-state index in [1.165, 1.54) is 0 Å². The van der Waals surface area contributed by atoms with Gasteiger partial charge in [-0.05, 0) is 55.4 Å². The van der Waals surface area contributed by atoms with E-state index < -0.39 is 0 Å². The summed E-state index contributed by atoms with van der Waals surface area (Å²) in [6.07, 6.45) is 8.82. The predicted molar refractivity (Wildman–Crippen MR) is 153 cm³/mol. The molecule has 2 aliphatic rings. The van der Waals surface area contributed by atoms with Crippen LogP contribution in [0.1, 0.15) is 74.6 Å². The van der Waals surface area contributed by atoms with Crippen molar-refractivity contribution in [3.63, 3.8) is 0 Å². The molecule has 0 radical (unpaired) electrons. The number of nitrogens with zero attached hydrogens (tertiary/aromatic N) is 2. The van der Waals surface area contributed by atoms with Crippen molar-refractivity contribution in [2.45, 2.75) is 78.0 Å². The molecule has 0 N–H and O–H groups in total. The molecule has 0 bridgehead atoms. The number of hydrogen-bond acceptors (Lipinski definition) is 4. The van der Waals surface area contributed by atoms with Crippen LogP contribution < -0.4 is 0 Å². The minimum absolute atomic E-state index is 0.140. The predicted octanol–water partition coefficient (Wildman–Crippen LogP) is 6.41. The van der Waals surface area contributed by atoms with E-state index in [1.807, 2.05) is 79.4 Å². The van der Waals surface area contributed by atoms with Gasteiger partial charge >= 0.3 is 0 Å². The lowest BCUT2D eigenvalue weighted by Crippen LogP contribution is -2.39. The van der Waals surface area contributed by atoms with Gasteiger partial charge in [0, 0.05) is 25.9 Å². The van der Waals surface area contributed by atoms with Crippen LogP contribution in [0.15, 0.2) is 61.7 Å². The van der Waals surface area contributed by atoms with Gasteiger partial charge in [0.2, 0.25) is 11.8 Å². The molecule has 2 atom stereocenters. The Hall–Kier alpha value is -3.22. The van der Waals surface area contributed by atoms with Crippen molar-refractivity contribution < 1.29 is 19.1 Å². The Morgan fingerprint density at radius 2 is 1.11 bits per heavy atom. The third kappa shape index (κ3) is 8.96. The van der Waals surface area contributed by atoms with E-state index in [4.69, 9.17) is 9.47 Å². The maximum absolute atomic E-state index is 12.0. The highest BCUT2D eigenvalue weighted by Gasteiger charge is 2.25. The quantitative estimate of drug-likeness (QED) is 0.365. The van der Waals surface area contributed by atoms with E-state index in [-0.39, 0.29) is 24.3 Å². The van der Waals surface area contributed by atoms with Crippen LogP contribution in [0.2, 0.25) is 0 Å². The molecule has 2 saturated heterocycles. The summed E-state index contributed by atoms with van der Waals surface area (Å²) in [4.78, 5) is 27.2. The van der Waals surface area contributed by atoms with Crippen LogP contribution in [-0.2, 0) is 32.3 Å². The Balaban J connectivity index is 0.000000212. The van der Waals surface area contributed by atoms with Gasteiger partial charge < -0.3 is 19.3 Å². The van der Waals surface area contributed by atoms with E-state index >= 15 is 0 Å². The molecule has 6 nitrogen and oxygen atoms in total. The topological polar surface area (TPSA) is 59.1 Å². The fraction of sp³-hybridized carbons (Fsp3) is 0.438. The second-order valence-electron chi connectivity index (χ2n) is 9.80. The Bertz CT molecular complexity index is 1050. The zero-order valence-electron chi connectivity index (χ0n) is 22.9. The molecule has 2 aromatic carbocycles. The molecule has 6 heteroatoms. The van der Waals surface area contributed by atoms with Crippen LogP contribution in [0.5, 0.6) is 0 Å². The number of likely N-dealkylation sites (tertiary alicyclic amines) is 2.